The van der Waals surface area contributed by atoms with Gasteiger partial charge in [-0.3, -0.25) is 0 Å². The Labute approximate surface area is 222 Å². The van der Waals surface area contributed by atoms with Crippen molar-refractivity contribution in [2.24, 2.45) is 0 Å². The van der Waals surface area contributed by atoms with Crippen LogP contribution in [-0.2, 0) is 26.9 Å². The summed E-state index contributed by atoms with van der Waals surface area (Å²) in [6.07, 6.45) is 7.64. The molecule has 0 amide bonds. The Bertz CT molecular complexity index is 881. The molecule has 166 valence electrons. The summed E-state index contributed by atoms with van der Waals surface area (Å²) in [5.41, 5.74) is 9.26. The van der Waals surface area contributed by atoms with E-state index in [1.807, 2.05) is 0 Å². The fraction of sp³-hybridized carbons (Fsp3) is 0.385. The van der Waals surface area contributed by atoms with Crippen LogP contribution in [0.4, 0.5) is 0 Å². The Balaban J connectivity index is 0.00000300. The summed E-state index contributed by atoms with van der Waals surface area (Å²) in [6, 6.07) is 15.8. The fourth-order valence-electron chi connectivity index (χ4n) is 4.54. The second kappa shape index (κ2) is 14.8. The molecule has 0 aliphatic heterocycles. The third-order valence-corrected chi connectivity index (χ3v) is 10.1. The maximum atomic E-state index is 2.41. The first-order valence-corrected chi connectivity index (χ1v) is 12.9. The van der Waals surface area contributed by atoms with Crippen molar-refractivity contribution in [1.29, 1.82) is 0 Å². The van der Waals surface area contributed by atoms with Crippen LogP contribution in [0.25, 0.3) is 0 Å². The molecule has 0 nitrogen and oxygen atoms in total. The molecule has 31 heavy (non-hydrogen) atoms. The molecule has 1 aliphatic carbocycles. The van der Waals surface area contributed by atoms with E-state index < -0.39 is 9.52 Å². The summed E-state index contributed by atoms with van der Waals surface area (Å²) < 4.78 is 1.63. The van der Waals surface area contributed by atoms with Crippen molar-refractivity contribution >= 4 is 14.7 Å². The minimum atomic E-state index is -0.400. The van der Waals surface area contributed by atoms with Crippen LogP contribution in [0.15, 0.2) is 62.7 Å². The molecule has 0 N–H and O–H groups in total. The van der Waals surface area contributed by atoms with Crippen molar-refractivity contribution in [2.45, 2.75) is 66.2 Å². The largest absolute Gasteiger partial charge is 1.00 e. The second-order valence-electron chi connectivity index (χ2n) is 8.41. The maximum absolute atomic E-state index is 2.41. The molecular weight excluding hydrogens is 495 g/mol. The SMILES string of the molecule is CCCCCC1=C(Cc2ccccc2)[C]([Ti+3])=C([SiH2]c2c(C)cc(C)cc2C)C1.[Cl-].[Cl-].[Cl-]. The van der Waals surface area contributed by atoms with Gasteiger partial charge in [0.1, 0.15) is 0 Å². The van der Waals surface area contributed by atoms with Crippen molar-refractivity contribution in [2.75, 3.05) is 0 Å². The first kappa shape index (κ1) is 30.7. The fourth-order valence-corrected chi connectivity index (χ4v) is 7.51. The van der Waals surface area contributed by atoms with E-state index in [9.17, 15) is 0 Å². The van der Waals surface area contributed by atoms with Gasteiger partial charge in [0.2, 0.25) is 0 Å². The Morgan fingerprint density at radius 3 is 2.10 bits per heavy atom. The normalized spacial score (nSPS) is 13.4. The number of halogens is 3. The van der Waals surface area contributed by atoms with Crippen LogP contribution in [0, 0.1) is 20.8 Å². The van der Waals surface area contributed by atoms with E-state index in [4.69, 9.17) is 0 Å². The Morgan fingerprint density at radius 2 is 1.52 bits per heavy atom. The molecule has 5 heteroatoms. The zero-order valence-electron chi connectivity index (χ0n) is 19.1. The molecule has 0 heterocycles. The van der Waals surface area contributed by atoms with Gasteiger partial charge < -0.3 is 37.2 Å². The molecule has 0 bridgehead atoms. The monoisotopic (exact) mass is 526 g/mol. The summed E-state index contributed by atoms with van der Waals surface area (Å²) in [5.74, 6) is 0. The molecule has 0 spiro atoms. The van der Waals surface area contributed by atoms with Gasteiger partial charge in [0.05, 0.1) is 0 Å². The van der Waals surface area contributed by atoms with Crippen LogP contribution < -0.4 is 42.4 Å². The van der Waals surface area contributed by atoms with Crippen molar-refractivity contribution in [1.82, 2.24) is 0 Å². The summed E-state index contributed by atoms with van der Waals surface area (Å²) in [7, 11) is -0.400. The summed E-state index contributed by atoms with van der Waals surface area (Å²) in [4.78, 5) is 0. The van der Waals surface area contributed by atoms with Gasteiger partial charge in [-0.2, -0.15) is 0 Å². The van der Waals surface area contributed by atoms with E-state index >= 15 is 0 Å². The Morgan fingerprint density at radius 1 is 0.903 bits per heavy atom. The quantitative estimate of drug-likeness (QED) is 0.249. The number of allylic oxidation sites excluding steroid dienone is 4. The van der Waals surface area contributed by atoms with Crippen molar-refractivity contribution in [3.8, 4) is 0 Å². The zero-order valence-corrected chi connectivity index (χ0v) is 24.4. The van der Waals surface area contributed by atoms with Crippen molar-refractivity contribution in [3.63, 3.8) is 0 Å². The number of hydrogen-bond donors (Lipinski definition) is 0. The molecule has 0 aromatic heterocycles. The maximum Gasteiger partial charge on any atom is -1.00 e. The first-order valence-electron chi connectivity index (χ1n) is 10.7. The van der Waals surface area contributed by atoms with Gasteiger partial charge in [-0.05, 0) is 0 Å². The van der Waals surface area contributed by atoms with Gasteiger partial charge in [-0.25, -0.2) is 0 Å². The molecule has 3 rings (SSSR count). The van der Waals surface area contributed by atoms with E-state index in [1.165, 1.54) is 54.4 Å². The van der Waals surface area contributed by atoms with Crippen LogP contribution in [0.3, 0.4) is 0 Å². The van der Waals surface area contributed by atoms with Gasteiger partial charge >= 0.3 is 186 Å². The second-order valence-corrected chi connectivity index (χ2v) is 11.1. The molecular formula is C26H33Cl3SiTi. The van der Waals surface area contributed by atoms with E-state index in [1.54, 1.807) is 25.4 Å². The molecule has 0 radical (unpaired) electrons. The number of hydrogen-bond acceptors (Lipinski definition) is 0. The van der Waals surface area contributed by atoms with Gasteiger partial charge in [0.25, 0.3) is 0 Å². The Kier molecular flexibility index (Phi) is 14.7. The van der Waals surface area contributed by atoms with E-state index in [2.05, 4.69) is 90.6 Å². The molecule has 0 saturated heterocycles. The van der Waals surface area contributed by atoms with Crippen LogP contribution >= 0.6 is 0 Å². The number of unbranched alkanes of at least 4 members (excludes halogenated alkanes) is 2. The van der Waals surface area contributed by atoms with Gasteiger partial charge in [0, 0.05) is 0 Å². The number of aryl methyl sites for hydroxylation is 3. The molecule has 0 atom stereocenters. The summed E-state index contributed by atoms with van der Waals surface area (Å²) >= 11 is 2.41. The molecule has 2 aromatic rings. The third-order valence-electron chi connectivity index (χ3n) is 6.05. The molecule has 0 unspecified atom stereocenters. The van der Waals surface area contributed by atoms with E-state index in [0.717, 1.165) is 6.42 Å². The molecule has 0 saturated carbocycles. The van der Waals surface area contributed by atoms with Gasteiger partial charge in [0.15, 0.2) is 0 Å². The Hall–Kier alpha value is -0.279. The topological polar surface area (TPSA) is 0 Å². The molecule has 0 fully saturated rings. The number of rotatable bonds is 8. The molecule has 1 aliphatic rings. The van der Waals surface area contributed by atoms with Gasteiger partial charge in [-0.1, -0.05) is 0 Å². The minimum absolute atomic E-state index is 0. The first-order chi connectivity index (χ1) is 13.5. The average Bonchev–Trinajstić information content (AvgIpc) is 2.95. The van der Waals surface area contributed by atoms with Crippen LogP contribution in [0.5, 0.6) is 0 Å². The van der Waals surface area contributed by atoms with Gasteiger partial charge in [-0.15, -0.1) is 0 Å². The average molecular weight is 528 g/mol. The summed E-state index contributed by atoms with van der Waals surface area (Å²) in [5, 5.41) is 3.46. The predicted molar refractivity (Wildman–Crippen MR) is 122 cm³/mol. The van der Waals surface area contributed by atoms with Crippen molar-refractivity contribution < 1.29 is 57.7 Å². The number of benzene rings is 2. The predicted octanol–water partition coefficient (Wildman–Crippen LogP) is -3.30. The van der Waals surface area contributed by atoms with Crippen LogP contribution in [0.1, 0.15) is 61.3 Å². The molecule has 2 aromatic carbocycles. The minimum Gasteiger partial charge on any atom is -1.00 e. The standard InChI is InChI=1S/C26H33Si.3ClH.Ti/c1-5-6-8-13-23-17-25(18-24(23)16-22-11-9-7-10-12-22)27-26-20(3)14-19(2)15-21(26)4;;;;/h7,9-12,14-15H,5-6,8,13,16-17,27H2,1-4H3;3*1H;/q;;;;+3/p-3. The van der Waals surface area contributed by atoms with Crippen molar-refractivity contribution in [3.05, 3.63) is 84.9 Å². The van der Waals surface area contributed by atoms with E-state index in [0.29, 0.717) is 0 Å². The van der Waals surface area contributed by atoms with Crippen LogP contribution in [0.2, 0.25) is 0 Å². The smallest absolute Gasteiger partial charge is 1.00 e. The summed E-state index contributed by atoms with van der Waals surface area (Å²) in [6.45, 7) is 9.15. The zero-order chi connectivity index (χ0) is 20.1. The van der Waals surface area contributed by atoms with Crippen LogP contribution in [-0.4, -0.2) is 9.52 Å². The van der Waals surface area contributed by atoms with E-state index in [-0.39, 0.29) is 37.2 Å². The third kappa shape index (κ3) is 8.22.